The van der Waals surface area contributed by atoms with Crippen LogP contribution in [0.5, 0.6) is 0 Å². The van der Waals surface area contributed by atoms with Gasteiger partial charge in [0, 0.05) is 22.5 Å². The number of aromatic nitrogens is 2. The Bertz CT molecular complexity index is 1280. The number of rotatable bonds is 4. The highest BCUT2D eigenvalue weighted by Crippen LogP contribution is 2.32. The third kappa shape index (κ3) is 3.76. The summed E-state index contributed by atoms with van der Waals surface area (Å²) >= 11 is 0. The number of benzene rings is 2. The van der Waals surface area contributed by atoms with Crippen molar-refractivity contribution in [1.82, 2.24) is 9.97 Å². The average molecular weight is 408 g/mol. The molecule has 4 aromatic rings. The normalized spacial score (nSPS) is 12.1. The van der Waals surface area contributed by atoms with Crippen LogP contribution in [0.4, 0.5) is 34.4 Å². The SMILES string of the molecule is Nc1ccc(Nc2ccc3c(c2)C(=O)c2ccc(Nc4ccc(N)nc4)cc2C3)nc1. The topological polar surface area (TPSA) is 119 Å². The molecule has 7 nitrogen and oxygen atoms in total. The second-order valence-corrected chi connectivity index (χ2v) is 7.45. The van der Waals surface area contributed by atoms with E-state index in [-0.39, 0.29) is 5.78 Å². The van der Waals surface area contributed by atoms with E-state index in [9.17, 15) is 4.79 Å². The van der Waals surface area contributed by atoms with E-state index < -0.39 is 0 Å². The van der Waals surface area contributed by atoms with E-state index in [1.807, 2.05) is 42.5 Å². The number of carbonyl (C=O) groups is 1. The van der Waals surface area contributed by atoms with Crippen molar-refractivity contribution in [2.75, 3.05) is 22.1 Å². The molecule has 0 radical (unpaired) electrons. The Morgan fingerprint density at radius 2 is 1.52 bits per heavy atom. The lowest BCUT2D eigenvalue weighted by molar-refractivity contribution is 0.103. The predicted molar refractivity (Wildman–Crippen MR) is 123 cm³/mol. The fraction of sp³-hybridized carbons (Fsp3) is 0.0417. The van der Waals surface area contributed by atoms with E-state index in [0.29, 0.717) is 29.3 Å². The van der Waals surface area contributed by atoms with Gasteiger partial charge in [-0.3, -0.25) is 4.79 Å². The van der Waals surface area contributed by atoms with Gasteiger partial charge in [0.25, 0.3) is 0 Å². The molecule has 6 N–H and O–H groups in total. The number of hydrogen-bond acceptors (Lipinski definition) is 7. The number of anilines is 6. The molecule has 2 aromatic heterocycles. The Hall–Kier alpha value is -4.39. The monoisotopic (exact) mass is 408 g/mol. The minimum atomic E-state index is 0.0193. The number of nitrogens with one attached hydrogen (secondary N) is 2. The Morgan fingerprint density at radius 1 is 0.710 bits per heavy atom. The largest absolute Gasteiger partial charge is 0.397 e. The van der Waals surface area contributed by atoms with Crippen molar-refractivity contribution in [3.05, 3.63) is 95.3 Å². The molecular weight excluding hydrogens is 388 g/mol. The van der Waals surface area contributed by atoms with Crippen molar-refractivity contribution in [3.63, 3.8) is 0 Å². The van der Waals surface area contributed by atoms with Crippen molar-refractivity contribution in [2.24, 2.45) is 0 Å². The minimum absolute atomic E-state index is 0.0193. The molecule has 0 atom stereocenters. The molecule has 0 saturated carbocycles. The fourth-order valence-corrected chi connectivity index (χ4v) is 3.68. The Kier molecular flexibility index (Phi) is 4.48. The summed E-state index contributed by atoms with van der Waals surface area (Å²) in [7, 11) is 0. The number of hydrogen-bond donors (Lipinski definition) is 4. The standard InChI is InChI=1S/C24H20N6O/c25-16-2-8-23(28-12-16)30-18-3-1-14-9-15-10-17(29-19-5-7-22(26)27-13-19)4-6-20(15)24(31)21(14)11-18/h1-8,10-13,29H,9,25H2,(H2,26,27)(H,28,30). The number of nitrogens with two attached hydrogens (primary N) is 2. The Balaban J connectivity index is 1.39. The third-order valence-corrected chi connectivity index (χ3v) is 5.22. The molecule has 1 aliphatic rings. The van der Waals surface area contributed by atoms with Gasteiger partial charge in [0.1, 0.15) is 11.6 Å². The van der Waals surface area contributed by atoms with Gasteiger partial charge in [-0.2, -0.15) is 0 Å². The quantitative estimate of drug-likeness (QED) is 0.351. The van der Waals surface area contributed by atoms with E-state index in [4.69, 9.17) is 11.5 Å². The maximum absolute atomic E-state index is 13.2. The zero-order chi connectivity index (χ0) is 21.4. The zero-order valence-corrected chi connectivity index (χ0v) is 16.6. The smallest absolute Gasteiger partial charge is 0.193 e. The molecule has 0 amide bonds. The first kappa shape index (κ1) is 18.6. The zero-order valence-electron chi connectivity index (χ0n) is 16.6. The van der Waals surface area contributed by atoms with Gasteiger partial charge in [-0.25, -0.2) is 9.97 Å². The van der Waals surface area contributed by atoms with Gasteiger partial charge in [-0.1, -0.05) is 6.07 Å². The van der Waals surface area contributed by atoms with Crippen LogP contribution in [0.2, 0.25) is 0 Å². The number of nitrogen functional groups attached to an aromatic ring is 2. The summed E-state index contributed by atoms with van der Waals surface area (Å²) in [6.07, 6.45) is 3.96. The second kappa shape index (κ2) is 7.46. The van der Waals surface area contributed by atoms with Gasteiger partial charge < -0.3 is 22.1 Å². The number of ketones is 1. The molecule has 2 heterocycles. The molecular formula is C24H20N6O. The highest BCUT2D eigenvalue weighted by atomic mass is 16.1. The minimum Gasteiger partial charge on any atom is -0.397 e. The molecule has 0 unspecified atom stereocenters. The molecule has 1 aliphatic carbocycles. The molecule has 0 spiro atoms. The highest BCUT2D eigenvalue weighted by Gasteiger charge is 2.24. The number of nitrogens with zero attached hydrogens (tertiary/aromatic N) is 2. The van der Waals surface area contributed by atoms with Gasteiger partial charge in [-0.05, 0) is 72.1 Å². The molecule has 7 heteroatoms. The van der Waals surface area contributed by atoms with E-state index >= 15 is 0 Å². The molecule has 0 aliphatic heterocycles. The lowest BCUT2D eigenvalue weighted by Gasteiger charge is -2.20. The number of carbonyl (C=O) groups excluding carboxylic acids is 1. The summed E-state index contributed by atoms with van der Waals surface area (Å²) in [6.45, 7) is 0. The van der Waals surface area contributed by atoms with Gasteiger partial charge in [0.15, 0.2) is 5.78 Å². The van der Waals surface area contributed by atoms with Crippen molar-refractivity contribution < 1.29 is 4.79 Å². The molecule has 2 aromatic carbocycles. The highest BCUT2D eigenvalue weighted by molar-refractivity contribution is 6.13. The van der Waals surface area contributed by atoms with Crippen molar-refractivity contribution in [3.8, 4) is 0 Å². The van der Waals surface area contributed by atoms with E-state index in [0.717, 1.165) is 33.8 Å². The van der Waals surface area contributed by atoms with E-state index in [1.165, 1.54) is 0 Å². The Morgan fingerprint density at radius 3 is 2.29 bits per heavy atom. The summed E-state index contributed by atoms with van der Waals surface area (Å²) in [6, 6.07) is 18.8. The van der Waals surface area contributed by atoms with Crippen LogP contribution in [0.25, 0.3) is 0 Å². The second-order valence-electron chi connectivity index (χ2n) is 7.45. The summed E-state index contributed by atoms with van der Waals surface area (Å²) in [5, 5.41) is 6.53. The lowest BCUT2D eigenvalue weighted by Crippen LogP contribution is -2.15. The summed E-state index contributed by atoms with van der Waals surface area (Å²) in [5.74, 6) is 1.16. The van der Waals surface area contributed by atoms with Crippen LogP contribution in [-0.2, 0) is 6.42 Å². The van der Waals surface area contributed by atoms with Gasteiger partial charge in [-0.15, -0.1) is 0 Å². The third-order valence-electron chi connectivity index (χ3n) is 5.22. The molecule has 5 rings (SSSR count). The number of fused-ring (bicyclic) bond motifs is 2. The fourth-order valence-electron chi connectivity index (χ4n) is 3.68. The molecule has 0 saturated heterocycles. The van der Waals surface area contributed by atoms with Crippen LogP contribution in [0.15, 0.2) is 73.1 Å². The molecule has 152 valence electrons. The summed E-state index contributed by atoms with van der Waals surface area (Å²) < 4.78 is 0. The lowest BCUT2D eigenvalue weighted by atomic mass is 9.84. The van der Waals surface area contributed by atoms with Crippen LogP contribution in [-0.4, -0.2) is 15.8 Å². The van der Waals surface area contributed by atoms with Crippen molar-refractivity contribution >= 4 is 40.2 Å². The number of pyridine rings is 2. The average Bonchev–Trinajstić information content (AvgIpc) is 2.77. The van der Waals surface area contributed by atoms with Gasteiger partial charge in [0.05, 0.1) is 23.8 Å². The maximum atomic E-state index is 13.2. The maximum Gasteiger partial charge on any atom is 0.193 e. The first-order valence-electron chi connectivity index (χ1n) is 9.83. The predicted octanol–water partition coefficient (Wildman–Crippen LogP) is 4.26. The van der Waals surface area contributed by atoms with E-state index in [2.05, 4.69) is 20.6 Å². The first-order chi connectivity index (χ1) is 15.0. The molecule has 0 fully saturated rings. The first-order valence-corrected chi connectivity index (χ1v) is 9.83. The van der Waals surface area contributed by atoms with Gasteiger partial charge >= 0.3 is 0 Å². The van der Waals surface area contributed by atoms with Crippen molar-refractivity contribution in [2.45, 2.75) is 6.42 Å². The summed E-state index contributed by atoms with van der Waals surface area (Å²) in [5.41, 5.74) is 17.9. The van der Waals surface area contributed by atoms with Gasteiger partial charge in [0.2, 0.25) is 0 Å². The van der Waals surface area contributed by atoms with Crippen LogP contribution in [0, 0.1) is 0 Å². The van der Waals surface area contributed by atoms with Crippen molar-refractivity contribution in [1.29, 1.82) is 0 Å². The van der Waals surface area contributed by atoms with Crippen LogP contribution >= 0.6 is 0 Å². The van der Waals surface area contributed by atoms with Crippen LogP contribution in [0.1, 0.15) is 27.0 Å². The molecule has 31 heavy (non-hydrogen) atoms. The summed E-state index contributed by atoms with van der Waals surface area (Å²) in [4.78, 5) is 21.5. The van der Waals surface area contributed by atoms with Crippen LogP contribution < -0.4 is 22.1 Å². The Labute approximate surface area is 179 Å². The van der Waals surface area contributed by atoms with E-state index in [1.54, 1.807) is 30.6 Å². The molecule has 0 bridgehead atoms. The van der Waals surface area contributed by atoms with Crippen LogP contribution in [0.3, 0.4) is 0 Å².